The molecule has 4 rings (SSSR count). The zero-order chi connectivity index (χ0) is 23.0. The number of aliphatic imine (C=N–C) groups is 1. The van der Waals surface area contributed by atoms with Gasteiger partial charge in [-0.1, -0.05) is 32.4 Å². The van der Waals surface area contributed by atoms with Crippen LogP contribution in [0.15, 0.2) is 39.7 Å². The van der Waals surface area contributed by atoms with E-state index >= 15 is 0 Å². The monoisotopic (exact) mass is 466 g/mol. The van der Waals surface area contributed by atoms with E-state index in [4.69, 9.17) is 16.0 Å². The Morgan fingerprint density at radius 3 is 2.81 bits per heavy atom. The van der Waals surface area contributed by atoms with E-state index in [1.807, 2.05) is 0 Å². The molecule has 32 heavy (non-hydrogen) atoms. The molecule has 0 spiro atoms. The van der Waals surface area contributed by atoms with Crippen molar-refractivity contribution in [3.63, 3.8) is 0 Å². The van der Waals surface area contributed by atoms with Crippen LogP contribution < -0.4 is 0 Å². The van der Waals surface area contributed by atoms with Crippen LogP contribution in [-0.4, -0.2) is 17.3 Å². The first-order valence-corrected chi connectivity index (χ1v) is 11.6. The van der Waals surface area contributed by atoms with Crippen LogP contribution in [0.4, 0.5) is 5.00 Å². The second kappa shape index (κ2) is 8.57. The highest BCUT2D eigenvalue weighted by atomic mass is 35.5. The van der Waals surface area contributed by atoms with Crippen LogP contribution in [0.5, 0.6) is 0 Å². The number of hydrogen-bond donors (Lipinski definition) is 1. The van der Waals surface area contributed by atoms with Gasteiger partial charge in [0.05, 0.1) is 22.4 Å². The molecule has 0 radical (unpaired) electrons. The number of carbonyl (C=O) groups is 1. The molecule has 2 aromatic heterocycles. The number of thiophene rings is 1. The third kappa shape index (κ3) is 4.36. The Bertz CT molecular complexity index is 1260. The molecule has 3 aromatic rings. The topological polar surface area (TPSA) is 86.6 Å². The van der Waals surface area contributed by atoms with Crippen molar-refractivity contribution in [3.05, 3.63) is 62.7 Å². The molecule has 0 amide bonds. The molecular formula is C25H23ClN2O3S. The van der Waals surface area contributed by atoms with Crippen LogP contribution in [0.1, 0.15) is 59.3 Å². The summed E-state index contributed by atoms with van der Waals surface area (Å²) < 4.78 is 5.84. The van der Waals surface area contributed by atoms with Crippen molar-refractivity contribution in [1.29, 1.82) is 5.26 Å². The molecule has 2 heterocycles. The maximum Gasteiger partial charge on any atom is 0.335 e. The minimum atomic E-state index is -1.03. The number of hydrogen-bond acceptors (Lipinski definition) is 5. The number of carboxylic acids is 1. The lowest BCUT2D eigenvalue weighted by molar-refractivity contribution is 0.0697. The number of aromatic carboxylic acids is 1. The van der Waals surface area contributed by atoms with Gasteiger partial charge in [0, 0.05) is 10.4 Å². The normalized spacial score (nSPS) is 16.2. The van der Waals surface area contributed by atoms with Gasteiger partial charge in [-0.05, 0) is 66.5 Å². The van der Waals surface area contributed by atoms with E-state index in [9.17, 15) is 15.2 Å². The van der Waals surface area contributed by atoms with Gasteiger partial charge in [0.1, 0.15) is 22.6 Å². The van der Waals surface area contributed by atoms with Gasteiger partial charge in [0.15, 0.2) is 0 Å². The Hall–Kier alpha value is -2.88. The lowest BCUT2D eigenvalue weighted by atomic mass is 9.72. The summed E-state index contributed by atoms with van der Waals surface area (Å²) in [6.07, 6.45) is 4.58. The average molecular weight is 467 g/mol. The van der Waals surface area contributed by atoms with E-state index in [1.54, 1.807) is 29.7 Å². The molecule has 0 fully saturated rings. The zero-order valence-electron chi connectivity index (χ0n) is 18.1. The van der Waals surface area contributed by atoms with Crippen molar-refractivity contribution in [2.75, 3.05) is 0 Å². The quantitative estimate of drug-likeness (QED) is 0.414. The van der Waals surface area contributed by atoms with Crippen LogP contribution in [0.2, 0.25) is 5.02 Å². The molecule has 1 atom stereocenters. The van der Waals surface area contributed by atoms with Gasteiger partial charge in [0.2, 0.25) is 0 Å². The molecule has 1 aliphatic carbocycles. The number of furan rings is 1. The average Bonchev–Trinajstić information content (AvgIpc) is 3.35. The van der Waals surface area contributed by atoms with Crippen molar-refractivity contribution in [2.45, 2.75) is 40.0 Å². The Kier molecular flexibility index (Phi) is 5.98. The van der Waals surface area contributed by atoms with Crippen LogP contribution >= 0.6 is 22.9 Å². The summed E-state index contributed by atoms with van der Waals surface area (Å²) in [6, 6.07) is 10.3. The van der Waals surface area contributed by atoms with Gasteiger partial charge in [-0.25, -0.2) is 9.79 Å². The Labute approximate surface area is 196 Å². The minimum Gasteiger partial charge on any atom is -0.478 e. The zero-order valence-corrected chi connectivity index (χ0v) is 19.7. The number of nitriles is 1. The lowest BCUT2D eigenvalue weighted by Crippen LogP contribution is -2.26. The van der Waals surface area contributed by atoms with Gasteiger partial charge in [-0.15, -0.1) is 11.3 Å². The smallest absolute Gasteiger partial charge is 0.335 e. The second-order valence-electron chi connectivity index (χ2n) is 9.06. The van der Waals surface area contributed by atoms with Gasteiger partial charge in [-0.2, -0.15) is 5.26 Å². The van der Waals surface area contributed by atoms with E-state index in [0.717, 1.165) is 24.8 Å². The first kappa shape index (κ1) is 22.3. The fourth-order valence-corrected chi connectivity index (χ4v) is 5.49. The molecule has 0 unspecified atom stereocenters. The predicted molar refractivity (Wildman–Crippen MR) is 127 cm³/mol. The standard InChI is InChI=1S/C25H23ClN2O3S/c1-25(2,3)15-5-7-17-19(12-27)23(32-22(17)11-15)28-13-16-6-9-21(31-16)18-10-14(24(29)30)4-8-20(18)26/h4,6,8-10,13,15H,5,7,11H2,1-3H3,(H,29,30)/t15-/m0/s1. The van der Waals surface area contributed by atoms with E-state index in [1.165, 1.54) is 23.1 Å². The molecule has 7 heteroatoms. The van der Waals surface area contributed by atoms with E-state index in [2.05, 4.69) is 31.8 Å². The highest BCUT2D eigenvalue weighted by Crippen LogP contribution is 2.45. The molecule has 164 valence electrons. The summed E-state index contributed by atoms with van der Waals surface area (Å²) >= 11 is 7.83. The van der Waals surface area contributed by atoms with Crippen molar-refractivity contribution < 1.29 is 14.3 Å². The number of halogens is 1. The summed E-state index contributed by atoms with van der Waals surface area (Å²) in [5.74, 6) is 0.518. The lowest BCUT2D eigenvalue weighted by Gasteiger charge is -2.33. The molecule has 5 nitrogen and oxygen atoms in total. The van der Waals surface area contributed by atoms with Crippen molar-refractivity contribution >= 4 is 40.1 Å². The SMILES string of the molecule is CC(C)(C)[C@H]1CCc2c(sc(N=Cc3ccc(-c4cc(C(=O)O)ccc4Cl)o3)c2C#N)C1. The minimum absolute atomic E-state index is 0.132. The third-order valence-corrected chi connectivity index (χ3v) is 7.49. The summed E-state index contributed by atoms with van der Waals surface area (Å²) in [4.78, 5) is 17.1. The van der Waals surface area contributed by atoms with Gasteiger partial charge in [-0.3, -0.25) is 0 Å². The van der Waals surface area contributed by atoms with E-state index in [0.29, 0.717) is 38.6 Å². The summed E-state index contributed by atoms with van der Waals surface area (Å²) in [5.41, 5.74) is 2.68. The first-order valence-electron chi connectivity index (χ1n) is 10.4. The molecular weight excluding hydrogens is 444 g/mol. The predicted octanol–water partition coefficient (Wildman–Crippen LogP) is 7.13. The molecule has 1 aliphatic rings. The van der Waals surface area contributed by atoms with Gasteiger partial charge < -0.3 is 9.52 Å². The first-order chi connectivity index (χ1) is 15.2. The van der Waals surface area contributed by atoms with E-state index < -0.39 is 5.97 Å². The highest BCUT2D eigenvalue weighted by Gasteiger charge is 2.32. The Balaban J connectivity index is 1.60. The Morgan fingerprint density at radius 1 is 1.34 bits per heavy atom. The maximum absolute atomic E-state index is 11.3. The maximum atomic E-state index is 11.3. The largest absolute Gasteiger partial charge is 0.478 e. The fraction of sp³-hybridized carbons (Fsp3) is 0.320. The van der Waals surface area contributed by atoms with Gasteiger partial charge >= 0.3 is 5.97 Å². The molecule has 0 bridgehead atoms. The van der Waals surface area contributed by atoms with E-state index in [-0.39, 0.29) is 11.0 Å². The van der Waals surface area contributed by atoms with Crippen LogP contribution in [0.3, 0.4) is 0 Å². The molecule has 1 aromatic carbocycles. The van der Waals surface area contributed by atoms with Crippen LogP contribution in [0, 0.1) is 22.7 Å². The van der Waals surface area contributed by atoms with Crippen molar-refractivity contribution in [3.8, 4) is 17.4 Å². The van der Waals surface area contributed by atoms with Crippen LogP contribution in [-0.2, 0) is 12.8 Å². The summed E-state index contributed by atoms with van der Waals surface area (Å²) in [5, 5.41) is 20.1. The second-order valence-corrected chi connectivity index (χ2v) is 10.6. The van der Waals surface area contributed by atoms with Crippen molar-refractivity contribution in [2.24, 2.45) is 16.3 Å². The molecule has 0 saturated carbocycles. The Morgan fingerprint density at radius 2 is 2.12 bits per heavy atom. The summed E-state index contributed by atoms with van der Waals surface area (Å²) in [6.45, 7) is 6.81. The summed E-state index contributed by atoms with van der Waals surface area (Å²) in [7, 11) is 0. The van der Waals surface area contributed by atoms with Crippen molar-refractivity contribution in [1.82, 2.24) is 0 Å². The number of fused-ring (bicyclic) bond motifs is 1. The number of rotatable bonds is 4. The van der Waals surface area contributed by atoms with Crippen LogP contribution in [0.25, 0.3) is 11.3 Å². The molecule has 0 aliphatic heterocycles. The number of benzene rings is 1. The number of nitrogens with zero attached hydrogens (tertiary/aromatic N) is 2. The third-order valence-electron chi connectivity index (χ3n) is 6.00. The number of carboxylic acid groups (broad SMARTS) is 1. The molecule has 0 saturated heterocycles. The molecule has 1 N–H and O–H groups in total. The fourth-order valence-electron chi connectivity index (χ4n) is 4.05. The highest BCUT2D eigenvalue weighted by molar-refractivity contribution is 7.16. The van der Waals surface area contributed by atoms with Gasteiger partial charge in [0.25, 0.3) is 0 Å².